The second-order valence-corrected chi connectivity index (χ2v) is 5.85. The molecule has 0 fully saturated rings. The smallest absolute Gasteiger partial charge is 0.0331 e. The summed E-state index contributed by atoms with van der Waals surface area (Å²) in [5, 5.41) is 3.28. The van der Waals surface area contributed by atoms with Crippen molar-refractivity contribution in [2.45, 2.75) is 39.7 Å². The van der Waals surface area contributed by atoms with E-state index in [1.165, 1.54) is 17.1 Å². The second-order valence-electron chi connectivity index (χ2n) is 4.70. The third-order valence-corrected chi connectivity index (χ3v) is 3.90. The Kier molecular flexibility index (Phi) is 6.54. The van der Waals surface area contributed by atoms with Gasteiger partial charge in [-0.25, -0.2) is 0 Å². The van der Waals surface area contributed by atoms with Crippen molar-refractivity contribution in [3.05, 3.63) is 12.2 Å². The molecule has 0 aromatic heterocycles. The minimum atomic E-state index is 0.0817. The SMILES string of the molecule is C=C(CCSCC(C)C)C(C)(C)NC. The van der Waals surface area contributed by atoms with E-state index in [1.54, 1.807) is 0 Å². The summed E-state index contributed by atoms with van der Waals surface area (Å²) in [5.74, 6) is 3.25. The molecule has 0 bridgehead atoms. The van der Waals surface area contributed by atoms with E-state index in [4.69, 9.17) is 0 Å². The van der Waals surface area contributed by atoms with Crippen molar-refractivity contribution >= 4 is 11.8 Å². The average Bonchev–Trinajstić information content (AvgIpc) is 2.11. The van der Waals surface area contributed by atoms with Crippen molar-refractivity contribution in [1.29, 1.82) is 0 Å². The summed E-state index contributed by atoms with van der Waals surface area (Å²) in [5.41, 5.74) is 1.38. The molecule has 14 heavy (non-hydrogen) atoms. The van der Waals surface area contributed by atoms with Crippen LogP contribution in [0, 0.1) is 5.92 Å². The third kappa shape index (κ3) is 5.71. The van der Waals surface area contributed by atoms with Crippen LogP contribution in [0.2, 0.25) is 0 Å². The van der Waals surface area contributed by atoms with E-state index in [0.717, 1.165) is 12.3 Å². The van der Waals surface area contributed by atoms with E-state index < -0.39 is 0 Å². The van der Waals surface area contributed by atoms with Gasteiger partial charge in [0.25, 0.3) is 0 Å². The molecular formula is C12H25NS. The Balaban J connectivity index is 3.64. The highest BCUT2D eigenvalue weighted by Gasteiger charge is 2.17. The topological polar surface area (TPSA) is 12.0 Å². The first-order valence-electron chi connectivity index (χ1n) is 5.35. The summed E-state index contributed by atoms with van der Waals surface area (Å²) >= 11 is 2.03. The lowest BCUT2D eigenvalue weighted by atomic mass is 9.94. The monoisotopic (exact) mass is 215 g/mol. The molecule has 0 heterocycles. The highest BCUT2D eigenvalue weighted by Crippen LogP contribution is 2.19. The van der Waals surface area contributed by atoms with Crippen LogP contribution in [0.4, 0.5) is 0 Å². The van der Waals surface area contributed by atoms with Gasteiger partial charge in [-0.2, -0.15) is 11.8 Å². The predicted octanol–water partition coefficient (Wildman–Crippen LogP) is 3.32. The van der Waals surface area contributed by atoms with Crippen molar-refractivity contribution in [2.75, 3.05) is 18.6 Å². The zero-order chi connectivity index (χ0) is 11.2. The Morgan fingerprint density at radius 1 is 1.43 bits per heavy atom. The molecule has 0 atom stereocenters. The van der Waals surface area contributed by atoms with Crippen molar-refractivity contribution in [3.63, 3.8) is 0 Å². The largest absolute Gasteiger partial charge is 0.311 e. The van der Waals surface area contributed by atoms with E-state index in [-0.39, 0.29) is 5.54 Å². The predicted molar refractivity (Wildman–Crippen MR) is 69.1 cm³/mol. The van der Waals surface area contributed by atoms with Gasteiger partial charge in [-0.3, -0.25) is 0 Å². The number of nitrogens with one attached hydrogen (secondary N) is 1. The first-order chi connectivity index (χ1) is 6.40. The number of hydrogen-bond acceptors (Lipinski definition) is 2. The Morgan fingerprint density at radius 3 is 2.43 bits per heavy atom. The fraction of sp³-hybridized carbons (Fsp3) is 0.833. The average molecular weight is 215 g/mol. The van der Waals surface area contributed by atoms with Crippen molar-refractivity contribution in [1.82, 2.24) is 5.32 Å². The van der Waals surface area contributed by atoms with Gasteiger partial charge < -0.3 is 5.32 Å². The van der Waals surface area contributed by atoms with Crippen LogP contribution >= 0.6 is 11.8 Å². The van der Waals surface area contributed by atoms with Gasteiger partial charge in [-0.15, -0.1) is 0 Å². The van der Waals surface area contributed by atoms with Gasteiger partial charge in [-0.05, 0) is 44.7 Å². The quantitative estimate of drug-likeness (QED) is 0.516. The maximum Gasteiger partial charge on any atom is 0.0331 e. The Hall–Kier alpha value is 0.0500. The van der Waals surface area contributed by atoms with E-state index in [2.05, 4.69) is 39.6 Å². The van der Waals surface area contributed by atoms with E-state index in [9.17, 15) is 0 Å². The maximum atomic E-state index is 4.14. The number of thioether (sulfide) groups is 1. The van der Waals surface area contributed by atoms with E-state index in [0.29, 0.717) is 0 Å². The molecule has 0 aliphatic heterocycles. The summed E-state index contributed by atoms with van der Waals surface area (Å²) < 4.78 is 0. The van der Waals surface area contributed by atoms with Crippen LogP contribution in [0.1, 0.15) is 34.1 Å². The van der Waals surface area contributed by atoms with Gasteiger partial charge in [0, 0.05) is 5.54 Å². The molecule has 0 aromatic rings. The van der Waals surface area contributed by atoms with Gasteiger partial charge >= 0.3 is 0 Å². The van der Waals surface area contributed by atoms with Gasteiger partial charge in [-0.1, -0.05) is 26.0 Å². The van der Waals surface area contributed by atoms with Gasteiger partial charge in [0.1, 0.15) is 0 Å². The van der Waals surface area contributed by atoms with Crippen LogP contribution in [-0.4, -0.2) is 24.1 Å². The molecule has 0 aliphatic carbocycles. The van der Waals surface area contributed by atoms with Crippen LogP contribution in [0.15, 0.2) is 12.2 Å². The molecule has 0 aliphatic rings. The number of hydrogen-bond donors (Lipinski definition) is 1. The molecule has 1 N–H and O–H groups in total. The Morgan fingerprint density at radius 2 is 2.00 bits per heavy atom. The summed E-state index contributed by atoms with van der Waals surface area (Å²) in [6.07, 6.45) is 1.12. The van der Waals surface area contributed by atoms with Gasteiger partial charge in [0.05, 0.1) is 0 Å². The molecule has 0 aromatic carbocycles. The lowest BCUT2D eigenvalue weighted by molar-refractivity contribution is 0.487. The van der Waals surface area contributed by atoms with Crippen molar-refractivity contribution in [2.24, 2.45) is 5.92 Å². The van der Waals surface area contributed by atoms with E-state index in [1.807, 2.05) is 18.8 Å². The minimum Gasteiger partial charge on any atom is -0.311 e. The van der Waals surface area contributed by atoms with Crippen molar-refractivity contribution in [3.8, 4) is 0 Å². The summed E-state index contributed by atoms with van der Waals surface area (Å²) in [7, 11) is 1.99. The minimum absolute atomic E-state index is 0.0817. The molecule has 0 spiro atoms. The lowest BCUT2D eigenvalue weighted by Gasteiger charge is -2.26. The first-order valence-corrected chi connectivity index (χ1v) is 6.50. The summed E-state index contributed by atoms with van der Waals surface area (Å²) in [6, 6.07) is 0. The molecule has 2 heteroatoms. The van der Waals surface area contributed by atoms with Crippen LogP contribution in [0.5, 0.6) is 0 Å². The van der Waals surface area contributed by atoms with Crippen molar-refractivity contribution < 1.29 is 0 Å². The molecule has 0 saturated heterocycles. The highest BCUT2D eigenvalue weighted by atomic mass is 32.2. The molecule has 0 rings (SSSR count). The summed E-state index contributed by atoms with van der Waals surface area (Å²) in [6.45, 7) is 13.0. The highest BCUT2D eigenvalue weighted by molar-refractivity contribution is 7.99. The molecular weight excluding hydrogens is 190 g/mol. The molecule has 1 nitrogen and oxygen atoms in total. The van der Waals surface area contributed by atoms with Gasteiger partial charge in [0.15, 0.2) is 0 Å². The number of likely N-dealkylation sites (N-methyl/N-ethyl adjacent to an activating group) is 1. The van der Waals surface area contributed by atoms with Gasteiger partial charge in [0.2, 0.25) is 0 Å². The van der Waals surface area contributed by atoms with Crippen LogP contribution < -0.4 is 5.32 Å². The van der Waals surface area contributed by atoms with Crippen LogP contribution in [0.3, 0.4) is 0 Å². The third-order valence-electron chi connectivity index (χ3n) is 2.51. The van der Waals surface area contributed by atoms with E-state index >= 15 is 0 Å². The molecule has 0 saturated carbocycles. The zero-order valence-corrected chi connectivity index (χ0v) is 11.1. The lowest BCUT2D eigenvalue weighted by Crippen LogP contribution is -2.38. The Bertz CT molecular complexity index is 173. The molecule has 0 amide bonds. The summed E-state index contributed by atoms with van der Waals surface area (Å²) in [4.78, 5) is 0. The van der Waals surface area contributed by atoms with Crippen LogP contribution in [-0.2, 0) is 0 Å². The molecule has 0 unspecified atom stereocenters. The fourth-order valence-corrected chi connectivity index (χ4v) is 2.03. The first kappa shape index (κ1) is 14.1. The standard InChI is InChI=1S/C12H25NS/c1-10(2)9-14-8-7-11(3)12(4,5)13-6/h10,13H,3,7-9H2,1-2,4-6H3. The fourth-order valence-electron chi connectivity index (χ4n) is 1.00. The second kappa shape index (κ2) is 6.52. The van der Waals surface area contributed by atoms with Crippen LogP contribution in [0.25, 0.3) is 0 Å². The normalized spacial score (nSPS) is 12.1. The zero-order valence-electron chi connectivity index (χ0n) is 10.3. The molecule has 0 radical (unpaired) electrons. The Labute approximate surface area is 93.7 Å². The molecule has 84 valence electrons. The number of rotatable bonds is 7. The maximum absolute atomic E-state index is 4.14.